The van der Waals surface area contributed by atoms with Crippen molar-refractivity contribution in [3.8, 4) is 5.75 Å². The SMILES string of the molecule is COc1ccccc1NC(=S)ON1C(c2ccc(C(C)(C)C)cc2)=NOC12CCCCC2. The molecule has 0 radical (unpaired) electrons. The van der Waals surface area contributed by atoms with Crippen LogP contribution in [-0.4, -0.2) is 28.9 Å². The molecule has 1 aliphatic carbocycles. The van der Waals surface area contributed by atoms with Crippen LogP contribution >= 0.6 is 12.2 Å². The predicted molar refractivity (Wildman–Crippen MR) is 131 cm³/mol. The second kappa shape index (κ2) is 8.98. The fraction of sp³-hybridized carbons (Fsp3) is 0.440. The van der Waals surface area contributed by atoms with Crippen molar-refractivity contribution < 1.29 is 14.4 Å². The maximum atomic E-state index is 6.21. The summed E-state index contributed by atoms with van der Waals surface area (Å²) in [6, 6.07) is 16.0. The van der Waals surface area contributed by atoms with Crippen LogP contribution in [0.15, 0.2) is 53.7 Å². The summed E-state index contributed by atoms with van der Waals surface area (Å²) >= 11 is 5.56. The number of hydroxylamine groups is 2. The fourth-order valence-electron chi connectivity index (χ4n) is 4.17. The van der Waals surface area contributed by atoms with E-state index >= 15 is 0 Å². The highest BCUT2D eigenvalue weighted by Crippen LogP contribution is 2.40. The number of anilines is 1. The number of benzene rings is 2. The zero-order chi connectivity index (χ0) is 22.8. The first-order valence-electron chi connectivity index (χ1n) is 11.1. The Morgan fingerprint density at radius 2 is 1.75 bits per heavy atom. The zero-order valence-corrected chi connectivity index (χ0v) is 20.0. The number of nitrogens with zero attached hydrogens (tertiary/aromatic N) is 2. The van der Waals surface area contributed by atoms with Gasteiger partial charge in [0.1, 0.15) is 5.75 Å². The van der Waals surface area contributed by atoms with Gasteiger partial charge in [0.15, 0.2) is 0 Å². The minimum atomic E-state index is -0.636. The second-order valence-corrected chi connectivity index (χ2v) is 9.71. The summed E-state index contributed by atoms with van der Waals surface area (Å²) in [5.41, 5.74) is 2.37. The average Bonchev–Trinajstić information content (AvgIpc) is 3.11. The van der Waals surface area contributed by atoms with Gasteiger partial charge in [-0.15, -0.1) is 5.06 Å². The van der Waals surface area contributed by atoms with Crippen LogP contribution in [0.4, 0.5) is 5.69 Å². The Labute approximate surface area is 195 Å². The highest BCUT2D eigenvalue weighted by Gasteiger charge is 2.50. The number of ether oxygens (including phenoxy) is 1. The molecule has 2 aromatic carbocycles. The van der Waals surface area contributed by atoms with Crippen LogP contribution in [0.1, 0.15) is 64.0 Å². The molecule has 1 fully saturated rings. The van der Waals surface area contributed by atoms with Gasteiger partial charge in [-0.2, -0.15) is 0 Å². The number of para-hydroxylation sites is 2. The molecule has 0 aromatic heterocycles. The lowest BCUT2D eigenvalue weighted by Crippen LogP contribution is -2.51. The summed E-state index contributed by atoms with van der Waals surface area (Å²) in [6.45, 7) is 6.60. The molecular weight excluding hydrogens is 422 g/mol. The summed E-state index contributed by atoms with van der Waals surface area (Å²) in [5.74, 6) is 1.33. The van der Waals surface area contributed by atoms with E-state index in [0.717, 1.165) is 36.9 Å². The van der Waals surface area contributed by atoms with Crippen LogP contribution in [0.3, 0.4) is 0 Å². The number of hydrogen-bond acceptors (Lipinski definition) is 6. The normalized spacial score (nSPS) is 17.5. The number of oxime groups is 1. The second-order valence-electron chi connectivity index (χ2n) is 9.34. The van der Waals surface area contributed by atoms with E-state index in [4.69, 9.17) is 26.6 Å². The van der Waals surface area contributed by atoms with E-state index in [1.165, 1.54) is 12.0 Å². The molecule has 0 unspecified atom stereocenters. The van der Waals surface area contributed by atoms with Crippen LogP contribution < -0.4 is 10.1 Å². The molecule has 2 aromatic rings. The number of methoxy groups -OCH3 is 1. The smallest absolute Gasteiger partial charge is 0.291 e. The first-order chi connectivity index (χ1) is 15.3. The van der Waals surface area contributed by atoms with E-state index in [-0.39, 0.29) is 10.6 Å². The minimum Gasteiger partial charge on any atom is -0.495 e. The lowest BCUT2D eigenvalue weighted by atomic mass is 9.86. The fourth-order valence-corrected chi connectivity index (χ4v) is 4.36. The monoisotopic (exact) mass is 453 g/mol. The van der Waals surface area contributed by atoms with Gasteiger partial charge in [0.05, 0.1) is 12.8 Å². The largest absolute Gasteiger partial charge is 0.495 e. The van der Waals surface area contributed by atoms with Crippen molar-refractivity contribution in [2.24, 2.45) is 5.16 Å². The summed E-state index contributed by atoms with van der Waals surface area (Å²) < 4.78 is 5.42. The number of amidine groups is 1. The van der Waals surface area contributed by atoms with E-state index < -0.39 is 5.72 Å². The lowest BCUT2D eigenvalue weighted by Gasteiger charge is -2.38. The Kier molecular flexibility index (Phi) is 6.29. The third-order valence-corrected chi connectivity index (χ3v) is 6.20. The molecular formula is C25H31N3O3S. The van der Waals surface area contributed by atoms with E-state index in [2.05, 4.69) is 55.5 Å². The first kappa shape index (κ1) is 22.4. The third kappa shape index (κ3) is 4.53. The molecule has 0 saturated heterocycles. The van der Waals surface area contributed by atoms with E-state index in [9.17, 15) is 0 Å². The van der Waals surface area contributed by atoms with E-state index in [1.807, 2.05) is 24.3 Å². The minimum absolute atomic E-state index is 0.0769. The average molecular weight is 454 g/mol. The summed E-state index contributed by atoms with van der Waals surface area (Å²) in [7, 11) is 1.63. The number of hydrogen-bond donors (Lipinski definition) is 1. The molecule has 0 atom stereocenters. The highest BCUT2D eigenvalue weighted by atomic mass is 32.1. The van der Waals surface area contributed by atoms with Gasteiger partial charge in [-0.3, -0.25) is 0 Å². The first-order valence-corrected chi connectivity index (χ1v) is 11.5. The Balaban J connectivity index is 1.59. The molecule has 1 spiro atoms. The Morgan fingerprint density at radius 3 is 2.41 bits per heavy atom. The standard InChI is InChI=1S/C25H31N3O3S/c1-24(2,3)19-14-12-18(13-15-19)22-27-31-25(16-8-5-9-17-25)28(22)30-23(32)26-20-10-6-7-11-21(20)29-4/h6-7,10-15H,5,8-9,16-17H2,1-4H3,(H,26,32). The third-order valence-electron chi connectivity index (χ3n) is 6.03. The van der Waals surface area contributed by atoms with Crippen LogP contribution in [0, 0.1) is 0 Å². The van der Waals surface area contributed by atoms with Crippen LogP contribution in [0.25, 0.3) is 0 Å². The van der Waals surface area contributed by atoms with Crippen molar-refractivity contribution in [1.29, 1.82) is 0 Å². The van der Waals surface area contributed by atoms with Crippen molar-refractivity contribution in [3.05, 3.63) is 59.7 Å². The van der Waals surface area contributed by atoms with Gasteiger partial charge in [0, 0.05) is 18.4 Å². The van der Waals surface area contributed by atoms with Gasteiger partial charge >= 0.3 is 0 Å². The van der Waals surface area contributed by atoms with E-state index in [0.29, 0.717) is 11.6 Å². The van der Waals surface area contributed by atoms with Crippen molar-refractivity contribution in [3.63, 3.8) is 0 Å². The maximum absolute atomic E-state index is 6.21. The molecule has 1 heterocycles. The number of thiocarbonyl (C=S) groups is 1. The summed E-state index contributed by atoms with van der Waals surface area (Å²) in [5, 5.41) is 9.58. The van der Waals surface area contributed by atoms with E-state index in [1.54, 1.807) is 12.2 Å². The molecule has 1 aliphatic heterocycles. The van der Waals surface area contributed by atoms with Gasteiger partial charge in [-0.05, 0) is 48.2 Å². The van der Waals surface area contributed by atoms with Crippen molar-refractivity contribution in [2.75, 3.05) is 12.4 Å². The van der Waals surface area contributed by atoms with Gasteiger partial charge in [-0.1, -0.05) is 68.7 Å². The maximum Gasteiger partial charge on any atom is 0.291 e. The van der Waals surface area contributed by atoms with Gasteiger partial charge in [0.2, 0.25) is 11.6 Å². The lowest BCUT2D eigenvalue weighted by molar-refractivity contribution is -0.217. The molecule has 32 heavy (non-hydrogen) atoms. The molecule has 0 amide bonds. The molecule has 170 valence electrons. The van der Waals surface area contributed by atoms with Crippen LogP contribution in [-0.2, 0) is 15.1 Å². The molecule has 0 bridgehead atoms. The summed E-state index contributed by atoms with van der Waals surface area (Å²) in [6.07, 6.45) is 4.95. The summed E-state index contributed by atoms with van der Waals surface area (Å²) in [4.78, 5) is 12.2. The quantitative estimate of drug-likeness (QED) is 0.575. The van der Waals surface area contributed by atoms with Crippen molar-refractivity contribution in [1.82, 2.24) is 5.06 Å². The Morgan fingerprint density at radius 1 is 1.06 bits per heavy atom. The molecule has 6 nitrogen and oxygen atoms in total. The van der Waals surface area contributed by atoms with Gasteiger partial charge in [-0.25, -0.2) is 0 Å². The predicted octanol–water partition coefficient (Wildman–Crippen LogP) is 5.98. The molecule has 1 saturated carbocycles. The van der Waals surface area contributed by atoms with Crippen molar-refractivity contribution >= 4 is 28.9 Å². The Hall–Kier alpha value is -2.80. The van der Waals surface area contributed by atoms with Crippen LogP contribution in [0.2, 0.25) is 0 Å². The topological polar surface area (TPSA) is 55.3 Å². The van der Waals surface area contributed by atoms with Gasteiger partial charge < -0.3 is 19.7 Å². The molecule has 2 aliphatic rings. The van der Waals surface area contributed by atoms with Gasteiger partial charge in [0.25, 0.3) is 5.17 Å². The molecule has 7 heteroatoms. The van der Waals surface area contributed by atoms with Crippen LogP contribution in [0.5, 0.6) is 5.75 Å². The molecule has 1 N–H and O–H groups in total. The molecule has 4 rings (SSSR count). The van der Waals surface area contributed by atoms with Crippen molar-refractivity contribution in [2.45, 2.75) is 64.0 Å². The zero-order valence-electron chi connectivity index (χ0n) is 19.2. The number of nitrogens with one attached hydrogen (secondary N) is 1. The number of rotatable bonds is 4. The highest BCUT2D eigenvalue weighted by molar-refractivity contribution is 7.80. The Bertz CT molecular complexity index is 992.